The zero-order valence-electron chi connectivity index (χ0n) is 37.1. The Balaban J connectivity index is 0.00000346. The molecule has 7 N–H and O–H groups in total. The molecular formula is C41H31N9Na3O13S3+. The quantitative estimate of drug-likeness (QED) is 0.0403. The Hall–Kier alpha value is -4.33. The van der Waals surface area contributed by atoms with Gasteiger partial charge >= 0.3 is 99.2 Å². The molecule has 0 spiro atoms. The van der Waals surface area contributed by atoms with Crippen LogP contribution in [0.3, 0.4) is 0 Å². The molecule has 0 saturated carbocycles. The van der Waals surface area contributed by atoms with Gasteiger partial charge in [-0.25, -0.2) is 16.8 Å². The number of anilines is 2. The van der Waals surface area contributed by atoms with Crippen molar-refractivity contribution in [2.75, 3.05) is 11.0 Å². The van der Waals surface area contributed by atoms with E-state index in [4.69, 9.17) is 11.5 Å². The van der Waals surface area contributed by atoms with E-state index >= 15 is 0 Å². The fraction of sp³-hybridized carbons (Fsp3) is 0.0732. The molecule has 338 valence electrons. The fourth-order valence-corrected chi connectivity index (χ4v) is 8.80. The molecule has 3 aromatic carbocycles. The second-order valence-electron chi connectivity index (χ2n) is 14.5. The summed E-state index contributed by atoms with van der Waals surface area (Å²) in [4.78, 5) is 24.5. The normalized spacial score (nSPS) is 19.2. The third-order valence-electron chi connectivity index (χ3n) is 10.1. The van der Waals surface area contributed by atoms with E-state index in [1.54, 1.807) is 51.2 Å². The number of nitrogen functional groups attached to an aromatic ring is 1. The number of nitrogens with zero attached hydrogens (tertiary/aromatic N) is 7. The molecule has 0 radical (unpaired) electrons. The Labute approximate surface area is 460 Å². The van der Waals surface area contributed by atoms with E-state index in [0.29, 0.717) is 39.6 Å². The van der Waals surface area contributed by atoms with Crippen LogP contribution in [0.4, 0.5) is 28.4 Å². The van der Waals surface area contributed by atoms with E-state index in [-0.39, 0.29) is 134 Å². The number of ketones is 2. The van der Waals surface area contributed by atoms with Gasteiger partial charge in [0.05, 0.1) is 43.8 Å². The number of carbonyl (C=O) groups excluding carboxylic acids is 2. The van der Waals surface area contributed by atoms with Crippen molar-refractivity contribution in [1.29, 1.82) is 0 Å². The Morgan fingerprint density at radius 1 is 0.681 bits per heavy atom. The zero-order chi connectivity index (χ0) is 48.2. The minimum Gasteiger partial charge on any atom is -0.744 e. The number of azo groups is 1. The van der Waals surface area contributed by atoms with E-state index in [1.807, 2.05) is 0 Å². The number of Topliss-reactive ketones (excluding diaryl/α,β-unsaturated/α-hetero) is 2. The third kappa shape index (κ3) is 12.1. The summed E-state index contributed by atoms with van der Waals surface area (Å²) < 4.78 is 106. The Morgan fingerprint density at radius 3 is 1.77 bits per heavy atom. The van der Waals surface area contributed by atoms with Gasteiger partial charge in [-0.2, -0.15) is 19.3 Å². The molecule has 0 saturated heterocycles. The first-order valence-electron chi connectivity index (χ1n) is 18.6. The molecular weight excluding hydrogens is 992 g/mol. The van der Waals surface area contributed by atoms with Gasteiger partial charge in [0.1, 0.15) is 31.6 Å². The van der Waals surface area contributed by atoms with Crippen LogP contribution in [0.1, 0.15) is 51.3 Å². The number of hydrogen-bond donors (Lipinski definition) is 5. The topological polar surface area (TPSA) is 374 Å². The van der Waals surface area contributed by atoms with Crippen LogP contribution in [0.15, 0.2) is 147 Å². The Morgan fingerprint density at radius 2 is 1.23 bits per heavy atom. The Kier molecular flexibility index (Phi) is 18.2. The van der Waals surface area contributed by atoms with Crippen molar-refractivity contribution in [3.05, 3.63) is 140 Å². The molecule has 3 aromatic rings. The van der Waals surface area contributed by atoms with Gasteiger partial charge in [0, 0.05) is 17.2 Å². The minimum absolute atomic E-state index is 0. The molecule has 0 aromatic heterocycles. The third-order valence-corrected chi connectivity index (χ3v) is 12.8. The molecule has 69 heavy (non-hydrogen) atoms. The molecule has 0 atom stereocenters. The number of fused-ring (bicyclic) bond motifs is 2. The van der Waals surface area contributed by atoms with Crippen LogP contribution in [0, 0.1) is 6.92 Å². The van der Waals surface area contributed by atoms with E-state index in [1.165, 1.54) is 30.4 Å². The number of hydrogen-bond acceptors (Lipinski definition) is 19. The minimum atomic E-state index is -5.42. The largest absolute Gasteiger partial charge is 1.00 e. The van der Waals surface area contributed by atoms with Gasteiger partial charge in [0.2, 0.25) is 11.6 Å². The van der Waals surface area contributed by atoms with Gasteiger partial charge in [0.15, 0.2) is 5.71 Å². The first kappa shape index (κ1) is 57.3. The van der Waals surface area contributed by atoms with E-state index in [2.05, 4.69) is 30.6 Å². The van der Waals surface area contributed by atoms with Crippen LogP contribution < -0.4 is 99.6 Å². The fourth-order valence-electron chi connectivity index (χ4n) is 6.80. The predicted molar refractivity (Wildman–Crippen MR) is 240 cm³/mol. The first-order chi connectivity index (χ1) is 30.8. The van der Waals surface area contributed by atoms with Crippen molar-refractivity contribution in [2.24, 2.45) is 30.6 Å². The molecule has 0 aliphatic heterocycles. The van der Waals surface area contributed by atoms with Crippen LogP contribution in [-0.4, -0.2) is 79.9 Å². The van der Waals surface area contributed by atoms with Crippen molar-refractivity contribution >= 4 is 106 Å². The first-order valence-corrected chi connectivity index (χ1v) is 22.9. The van der Waals surface area contributed by atoms with Crippen LogP contribution in [0.5, 0.6) is 0 Å². The van der Waals surface area contributed by atoms with Gasteiger partial charge in [-0.1, -0.05) is 30.4 Å². The smallest absolute Gasteiger partial charge is 0.744 e. The summed E-state index contributed by atoms with van der Waals surface area (Å²) in [6.07, 6.45) is 13.1. The number of nitrogens with two attached hydrogens (primary N) is 1. The summed E-state index contributed by atoms with van der Waals surface area (Å²) in [6.45, 7) is 4.92. The van der Waals surface area contributed by atoms with Crippen molar-refractivity contribution < 1.29 is 148 Å². The molecule has 4 aliphatic carbocycles. The van der Waals surface area contributed by atoms with Crippen molar-refractivity contribution in [3.63, 3.8) is 0 Å². The molecule has 28 heteroatoms. The molecule has 0 unspecified atom stereocenters. The van der Waals surface area contributed by atoms with E-state index in [0.717, 1.165) is 24.3 Å². The average Bonchev–Trinajstić information content (AvgIpc) is 3.22. The standard InChI is InChI=1S/C41H33N9O13S3.3Na/c1-19-4-7-25(50(53)54)18-31(19)47-48-38-33(65(58,59)60)16-24-17-34(66(61,62)63)39(41(52)35(24)37(38)43)49-45-29-11-6-23(15-21(29)3)22-5-10-28(20(2)14-22)44-46-30-12-8-26-32(64(55,56)57)13-9-27(42)36(26)40(30)51;;;/h4-18,53-54H,1-3H3,(H7-,42,43,47,51,52,55,56,57,58,59,60,61,62,63);;;/q;3*+1/p-2. The number of nitrogens with one attached hydrogen (secondary N) is 1. The van der Waals surface area contributed by atoms with Gasteiger partial charge in [-0.3, -0.25) is 20.0 Å². The van der Waals surface area contributed by atoms with Crippen molar-refractivity contribution in [2.45, 2.75) is 30.6 Å². The summed E-state index contributed by atoms with van der Waals surface area (Å²) in [6, 6.07) is 6.55. The second kappa shape index (κ2) is 22.0. The molecule has 4 aliphatic rings. The summed E-state index contributed by atoms with van der Waals surface area (Å²) >= 11 is 0. The van der Waals surface area contributed by atoms with Crippen molar-refractivity contribution in [1.82, 2.24) is 0 Å². The Bertz CT molecular complexity index is 3440. The molecule has 0 fully saturated rings. The monoisotopic (exact) mass is 1020 g/mol. The van der Waals surface area contributed by atoms with Crippen LogP contribution >= 0.6 is 0 Å². The molecule has 22 nitrogen and oxygen atoms in total. The van der Waals surface area contributed by atoms with Crippen LogP contribution in [0.2, 0.25) is 0 Å². The molecule has 0 heterocycles. The summed E-state index contributed by atoms with van der Waals surface area (Å²) in [5, 5.41) is 42.6. The summed E-state index contributed by atoms with van der Waals surface area (Å²) in [5.74, 6) is -2.00. The van der Waals surface area contributed by atoms with Gasteiger partial charge in [-0.15, -0.1) is 31.3 Å². The van der Waals surface area contributed by atoms with Gasteiger partial charge < -0.3 is 20.6 Å². The molecule has 0 bridgehead atoms. The van der Waals surface area contributed by atoms with Gasteiger partial charge in [0.25, 0.3) is 4.91 Å². The summed E-state index contributed by atoms with van der Waals surface area (Å²) in [7, 11) is -15.4. The second-order valence-corrected chi connectivity index (χ2v) is 18.6. The predicted octanol–water partition coefficient (Wildman–Crippen LogP) is -2.10. The van der Waals surface area contributed by atoms with Gasteiger partial charge in [-0.05, 0) is 113 Å². The number of allylic oxidation sites excluding steroid dienone is 12. The number of aryl methyl sites for hydroxylation is 1. The summed E-state index contributed by atoms with van der Waals surface area (Å²) in [5.41, 5.74) is 13.3. The van der Waals surface area contributed by atoms with E-state index in [9.17, 15) is 59.3 Å². The van der Waals surface area contributed by atoms with Crippen molar-refractivity contribution in [3.8, 4) is 0 Å². The SMILES string of the molecule is CC1=CC(=C2C=CC(=NN=C3C(=O)c4c(cc(S(=O)(=O)[O-])c(N=Nc5cc(N(O)O)ccc5C)c4N)C=C3[S+](=O)(O)O)C(C)=C2)C=CC1=NN=C1C=Cc2c(S(=O)(=O)[O-])ccc([NH-])c2C1=O.[Na+].[Na+].[Na+]. The molecule has 7 rings (SSSR count). The number of benzene rings is 3. The van der Waals surface area contributed by atoms with Crippen LogP contribution in [0.25, 0.3) is 17.9 Å². The van der Waals surface area contributed by atoms with Crippen LogP contribution in [-0.2, 0) is 34.9 Å². The molecule has 0 amide bonds. The average molecular weight is 1020 g/mol. The number of rotatable bonds is 8. The maximum Gasteiger partial charge on any atom is 1.00 e. The van der Waals surface area contributed by atoms with E-state index < -0.39 is 85.2 Å². The maximum absolute atomic E-state index is 14.0. The maximum atomic E-state index is 14.0. The number of carbonyl (C=O) groups is 2. The zero-order valence-corrected chi connectivity index (χ0v) is 45.5.